The van der Waals surface area contributed by atoms with Gasteiger partial charge < -0.3 is 14.8 Å². The van der Waals surface area contributed by atoms with Crippen molar-refractivity contribution in [3.05, 3.63) is 83.7 Å². The van der Waals surface area contributed by atoms with Crippen LogP contribution in [0.15, 0.2) is 77.6 Å². The van der Waals surface area contributed by atoms with Crippen LogP contribution in [0.3, 0.4) is 0 Å². The molecule has 1 amide bonds. The van der Waals surface area contributed by atoms with Crippen molar-refractivity contribution in [2.24, 2.45) is 0 Å². The van der Waals surface area contributed by atoms with E-state index in [1.807, 2.05) is 67.6 Å². The Balaban J connectivity index is 1.54. The van der Waals surface area contributed by atoms with Gasteiger partial charge in [0.25, 0.3) is 5.91 Å². The number of benzene rings is 2. The van der Waals surface area contributed by atoms with E-state index in [0.29, 0.717) is 28.9 Å². The summed E-state index contributed by atoms with van der Waals surface area (Å²) in [5, 5.41) is 4.32. The number of hydrogen-bond acceptors (Lipinski definition) is 6. The second-order valence-corrected chi connectivity index (χ2v) is 8.47. The number of pyridine rings is 1. The molecule has 4 rings (SSSR count). The first-order chi connectivity index (χ1) is 16.1. The van der Waals surface area contributed by atoms with Crippen LogP contribution in [-0.4, -0.2) is 29.7 Å². The monoisotopic (exact) mass is 477 g/mol. The van der Waals surface area contributed by atoms with Crippen molar-refractivity contribution in [1.82, 2.24) is 10.3 Å². The van der Waals surface area contributed by atoms with Crippen LogP contribution in [0.1, 0.15) is 18.1 Å². The Bertz CT molecular complexity index is 1180. The van der Waals surface area contributed by atoms with Crippen LogP contribution in [-0.2, 0) is 10.5 Å². The first-order valence-corrected chi connectivity index (χ1v) is 11.8. The Morgan fingerprint density at radius 2 is 1.97 bits per heavy atom. The van der Waals surface area contributed by atoms with Crippen molar-refractivity contribution in [3.63, 3.8) is 0 Å². The molecule has 0 saturated carbocycles. The predicted octanol–water partition coefficient (Wildman–Crippen LogP) is 5.04. The minimum atomic E-state index is -0.204. The highest BCUT2D eigenvalue weighted by Gasteiger charge is 2.32. The number of rotatable bonds is 8. The fraction of sp³-hybridized carbons (Fsp3) is 0.160. The molecule has 2 aromatic carbocycles. The zero-order valence-electron chi connectivity index (χ0n) is 18.3. The van der Waals surface area contributed by atoms with Crippen molar-refractivity contribution in [2.75, 3.05) is 18.6 Å². The second kappa shape index (κ2) is 10.5. The van der Waals surface area contributed by atoms with Crippen LogP contribution in [0.2, 0.25) is 0 Å². The number of methoxy groups -OCH3 is 1. The van der Waals surface area contributed by atoms with Crippen LogP contribution in [0, 0.1) is 0 Å². The molecule has 33 heavy (non-hydrogen) atoms. The lowest BCUT2D eigenvalue weighted by Gasteiger charge is -2.14. The van der Waals surface area contributed by atoms with Gasteiger partial charge in [-0.05, 0) is 79.3 Å². The SMILES string of the molecule is CCOc1ccc(N2C(=O)/C(=C\c3ccc(OC)c(CSc4ccccn4)c3)NC2=S)cc1. The summed E-state index contributed by atoms with van der Waals surface area (Å²) in [5.74, 6) is 2.02. The Hall–Kier alpha value is -3.36. The number of carbonyl (C=O) groups excluding carboxylic acids is 1. The molecule has 1 N–H and O–H groups in total. The summed E-state index contributed by atoms with van der Waals surface area (Å²) in [6.07, 6.45) is 3.58. The summed E-state index contributed by atoms with van der Waals surface area (Å²) in [6.45, 7) is 2.51. The zero-order valence-corrected chi connectivity index (χ0v) is 19.9. The fourth-order valence-corrected chi connectivity index (χ4v) is 4.52. The summed E-state index contributed by atoms with van der Waals surface area (Å²) < 4.78 is 11.0. The topological polar surface area (TPSA) is 63.7 Å². The molecule has 6 nitrogen and oxygen atoms in total. The van der Waals surface area contributed by atoms with Gasteiger partial charge >= 0.3 is 0 Å². The maximum atomic E-state index is 13.1. The normalized spacial score (nSPS) is 14.5. The van der Waals surface area contributed by atoms with Gasteiger partial charge in [-0.15, -0.1) is 11.8 Å². The summed E-state index contributed by atoms with van der Waals surface area (Å²) >= 11 is 7.05. The van der Waals surface area contributed by atoms with Crippen molar-refractivity contribution in [1.29, 1.82) is 0 Å². The van der Waals surface area contributed by atoms with E-state index in [-0.39, 0.29) is 5.91 Å². The van der Waals surface area contributed by atoms with Crippen LogP contribution in [0.5, 0.6) is 11.5 Å². The minimum absolute atomic E-state index is 0.204. The van der Waals surface area contributed by atoms with Gasteiger partial charge in [0.1, 0.15) is 17.2 Å². The van der Waals surface area contributed by atoms with E-state index in [1.165, 1.54) is 4.90 Å². The molecular weight excluding hydrogens is 454 g/mol. The lowest BCUT2D eigenvalue weighted by molar-refractivity contribution is -0.113. The molecule has 168 valence electrons. The lowest BCUT2D eigenvalue weighted by atomic mass is 10.1. The van der Waals surface area contributed by atoms with Crippen LogP contribution in [0.25, 0.3) is 6.08 Å². The van der Waals surface area contributed by atoms with Gasteiger partial charge in [-0.3, -0.25) is 9.69 Å². The van der Waals surface area contributed by atoms with Crippen LogP contribution >= 0.6 is 24.0 Å². The standard InChI is InChI=1S/C25H23N3O3S2/c1-3-31-20-10-8-19(9-11-20)28-24(29)21(27-25(28)32)15-17-7-12-22(30-2)18(14-17)16-33-23-6-4-5-13-26-23/h4-15H,3,16H2,1-2H3,(H,27,32)/b21-15+. The van der Waals surface area contributed by atoms with Crippen LogP contribution in [0.4, 0.5) is 5.69 Å². The smallest absolute Gasteiger partial charge is 0.281 e. The first kappa shape index (κ1) is 22.8. The molecule has 1 fully saturated rings. The average molecular weight is 478 g/mol. The van der Waals surface area contributed by atoms with Gasteiger partial charge in [0.2, 0.25) is 0 Å². The Morgan fingerprint density at radius 1 is 1.15 bits per heavy atom. The molecule has 1 aliphatic rings. The number of ether oxygens (including phenoxy) is 2. The number of anilines is 1. The summed E-state index contributed by atoms with van der Waals surface area (Å²) in [7, 11) is 1.65. The zero-order chi connectivity index (χ0) is 23.2. The molecule has 2 heterocycles. The summed E-state index contributed by atoms with van der Waals surface area (Å²) in [6, 6.07) is 19.0. The van der Waals surface area contributed by atoms with Crippen molar-refractivity contribution >= 4 is 46.8 Å². The molecule has 0 radical (unpaired) electrons. The summed E-state index contributed by atoms with van der Waals surface area (Å²) in [5.41, 5.74) is 2.99. The highest BCUT2D eigenvalue weighted by Crippen LogP contribution is 2.29. The number of nitrogens with zero attached hydrogens (tertiary/aromatic N) is 2. The maximum Gasteiger partial charge on any atom is 0.281 e. The number of hydrogen-bond donors (Lipinski definition) is 1. The van der Waals surface area contributed by atoms with E-state index in [1.54, 1.807) is 31.1 Å². The number of amides is 1. The minimum Gasteiger partial charge on any atom is -0.496 e. The van der Waals surface area contributed by atoms with E-state index in [4.69, 9.17) is 21.7 Å². The quantitative estimate of drug-likeness (QED) is 0.277. The van der Waals surface area contributed by atoms with Gasteiger partial charge in [0, 0.05) is 17.5 Å². The molecule has 0 atom stereocenters. The van der Waals surface area contributed by atoms with Crippen molar-refractivity contribution in [2.45, 2.75) is 17.7 Å². The average Bonchev–Trinajstić information content (AvgIpc) is 3.12. The molecule has 0 bridgehead atoms. The second-order valence-electron chi connectivity index (χ2n) is 7.08. The third-order valence-electron chi connectivity index (χ3n) is 4.91. The number of aromatic nitrogens is 1. The summed E-state index contributed by atoms with van der Waals surface area (Å²) in [4.78, 5) is 18.9. The third kappa shape index (κ3) is 5.35. The van der Waals surface area contributed by atoms with Gasteiger partial charge in [0.15, 0.2) is 5.11 Å². The Morgan fingerprint density at radius 3 is 2.67 bits per heavy atom. The van der Waals surface area contributed by atoms with Gasteiger partial charge in [-0.25, -0.2) is 4.98 Å². The number of thioether (sulfide) groups is 1. The molecule has 8 heteroatoms. The van der Waals surface area contributed by atoms with E-state index in [2.05, 4.69) is 10.3 Å². The lowest BCUT2D eigenvalue weighted by Crippen LogP contribution is -2.30. The first-order valence-electron chi connectivity index (χ1n) is 10.4. The highest BCUT2D eigenvalue weighted by atomic mass is 32.2. The number of nitrogens with one attached hydrogen (secondary N) is 1. The fourth-order valence-electron chi connectivity index (χ4n) is 3.38. The van der Waals surface area contributed by atoms with Gasteiger partial charge in [-0.2, -0.15) is 0 Å². The molecule has 3 aromatic rings. The van der Waals surface area contributed by atoms with E-state index in [9.17, 15) is 4.79 Å². The molecule has 0 unspecified atom stereocenters. The van der Waals surface area contributed by atoms with Gasteiger partial charge in [0.05, 0.1) is 24.4 Å². The molecule has 1 aliphatic heterocycles. The molecular formula is C25H23N3O3S2. The molecule has 1 saturated heterocycles. The van der Waals surface area contributed by atoms with E-state index >= 15 is 0 Å². The largest absolute Gasteiger partial charge is 0.496 e. The maximum absolute atomic E-state index is 13.1. The predicted molar refractivity (Wildman–Crippen MR) is 136 cm³/mol. The molecule has 0 aliphatic carbocycles. The molecule has 0 spiro atoms. The van der Waals surface area contributed by atoms with E-state index in [0.717, 1.165) is 27.7 Å². The third-order valence-corrected chi connectivity index (χ3v) is 6.19. The molecule has 1 aromatic heterocycles. The Kier molecular flexibility index (Phi) is 7.26. The van der Waals surface area contributed by atoms with Crippen molar-refractivity contribution in [3.8, 4) is 11.5 Å². The number of thiocarbonyl (C=S) groups is 1. The highest BCUT2D eigenvalue weighted by molar-refractivity contribution is 7.98. The van der Waals surface area contributed by atoms with Crippen LogP contribution < -0.4 is 19.7 Å². The number of carbonyl (C=O) groups is 1. The van der Waals surface area contributed by atoms with Gasteiger partial charge in [-0.1, -0.05) is 12.1 Å². The van der Waals surface area contributed by atoms with E-state index < -0.39 is 0 Å². The Labute approximate surface area is 202 Å². The van der Waals surface area contributed by atoms with Crippen molar-refractivity contribution < 1.29 is 14.3 Å².